The van der Waals surface area contributed by atoms with Gasteiger partial charge in [-0.3, -0.25) is 4.79 Å². The standard InChI is InChI=1S/C16H31NO5Si/c1-16(2,3)23(5,6)22-11-9-12(15(19)20-4)17-14(18)13-8-7-10-21-13/h12-13H,7-11H2,1-6H3,(H,17,18)/t12-,13+/m0/s1. The van der Waals surface area contributed by atoms with Crippen molar-refractivity contribution in [1.82, 2.24) is 5.32 Å². The Bertz CT molecular complexity index is 413. The molecule has 1 amide bonds. The van der Waals surface area contributed by atoms with E-state index in [4.69, 9.17) is 13.9 Å². The van der Waals surface area contributed by atoms with E-state index >= 15 is 0 Å². The summed E-state index contributed by atoms with van der Waals surface area (Å²) >= 11 is 0. The fourth-order valence-corrected chi connectivity index (χ4v) is 3.15. The predicted molar refractivity (Wildman–Crippen MR) is 90.7 cm³/mol. The summed E-state index contributed by atoms with van der Waals surface area (Å²) in [5, 5.41) is 2.84. The van der Waals surface area contributed by atoms with Crippen molar-refractivity contribution in [3.8, 4) is 0 Å². The zero-order valence-corrected chi connectivity index (χ0v) is 16.2. The number of carbonyl (C=O) groups is 2. The van der Waals surface area contributed by atoms with Crippen LogP contribution < -0.4 is 5.32 Å². The lowest BCUT2D eigenvalue weighted by atomic mass is 10.2. The maximum absolute atomic E-state index is 12.1. The van der Waals surface area contributed by atoms with E-state index in [1.165, 1.54) is 7.11 Å². The van der Waals surface area contributed by atoms with Crippen molar-refractivity contribution in [2.75, 3.05) is 20.3 Å². The molecule has 1 fully saturated rings. The van der Waals surface area contributed by atoms with Gasteiger partial charge in [-0.05, 0) is 31.0 Å². The molecule has 0 radical (unpaired) electrons. The molecule has 7 heteroatoms. The van der Waals surface area contributed by atoms with Gasteiger partial charge in [0.05, 0.1) is 7.11 Å². The van der Waals surface area contributed by atoms with Gasteiger partial charge in [0.1, 0.15) is 12.1 Å². The molecule has 2 atom stereocenters. The fourth-order valence-electron chi connectivity index (χ4n) is 2.09. The second-order valence-electron chi connectivity index (χ2n) is 7.48. The van der Waals surface area contributed by atoms with Crippen molar-refractivity contribution in [2.45, 2.75) is 70.3 Å². The van der Waals surface area contributed by atoms with Crippen LogP contribution in [-0.4, -0.2) is 52.7 Å². The van der Waals surface area contributed by atoms with Gasteiger partial charge in [-0.1, -0.05) is 20.8 Å². The molecule has 23 heavy (non-hydrogen) atoms. The first-order valence-electron chi connectivity index (χ1n) is 8.22. The highest BCUT2D eigenvalue weighted by Crippen LogP contribution is 2.36. The van der Waals surface area contributed by atoms with Crippen molar-refractivity contribution >= 4 is 20.2 Å². The number of methoxy groups -OCH3 is 1. The molecule has 1 rings (SSSR count). The lowest BCUT2D eigenvalue weighted by molar-refractivity contribution is -0.146. The first kappa shape index (κ1) is 20.1. The zero-order chi connectivity index (χ0) is 17.7. The van der Waals surface area contributed by atoms with E-state index < -0.39 is 26.4 Å². The Morgan fingerprint density at radius 2 is 2.00 bits per heavy atom. The van der Waals surface area contributed by atoms with Gasteiger partial charge in [0.25, 0.3) is 0 Å². The summed E-state index contributed by atoms with van der Waals surface area (Å²) in [5.74, 6) is -0.694. The molecule has 1 aliphatic heterocycles. The van der Waals surface area contributed by atoms with Crippen LogP contribution in [0.2, 0.25) is 18.1 Å². The topological polar surface area (TPSA) is 73.9 Å². The lowest BCUT2D eigenvalue weighted by Crippen LogP contribution is -2.47. The number of nitrogens with one attached hydrogen (secondary N) is 1. The van der Waals surface area contributed by atoms with Crippen molar-refractivity contribution in [3.63, 3.8) is 0 Å². The molecule has 1 aliphatic rings. The summed E-state index contributed by atoms with van der Waals surface area (Å²) in [7, 11) is -0.550. The molecule has 0 unspecified atom stereocenters. The number of hydrogen-bond donors (Lipinski definition) is 1. The molecule has 0 spiro atoms. The van der Waals surface area contributed by atoms with Crippen molar-refractivity contribution in [1.29, 1.82) is 0 Å². The Morgan fingerprint density at radius 1 is 1.35 bits per heavy atom. The van der Waals surface area contributed by atoms with E-state index in [2.05, 4.69) is 39.2 Å². The molecule has 6 nitrogen and oxygen atoms in total. The number of rotatable bonds is 7. The molecule has 0 aromatic carbocycles. The van der Waals surface area contributed by atoms with Gasteiger partial charge in [-0.2, -0.15) is 0 Å². The molecule has 0 aromatic heterocycles. The Kier molecular flexibility index (Phi) is 7.22. The quantitative estimate of drug-likeness (QED) is 0.566. The van der Waals surface area contributed by atoms with Crippen LogP contribution in [-0.2, 0) is 23.5 Å². The maximum atomic E-state index is 12.1. The minimum Gasteiger partial charge on any atom is -0.467 e. The smallest absolute Gasteiger partial charge is 0.328 e. The van der Waals surface area contributed by atoms with E-state index in [1.54, 1.807) is 0 Å². The van der Waals surface area contributed by atoms with Gasteiger partial charge >= 0.3 is 5.97 Å². The van der Waals surface area contributed by atoms with E-state index in [-0.39, 0.29) is 10.9 Å². The van der Waals surface area contributed by atoms with Crippen LogP contribution in [0.3, 0.4) is 0 Å². The monoisotopic (exact) mass is 345 g/mol. The zero-order valence-electron chi connectivity index (χ0n) is 15.2. The first-order valence-corrected chi connectivity index (χ1v) is 11.1. The molecule has 1 N–H and O–H groups in total. The minimum atomic E-state index is -1.87. The highest BCUT2D eigenvalue weighted by molar-refractivity contribution is 6.74. The molecular formula is C16H31NO5Si. The molecule has 0 saturated carbocycles. The Labute approximate surface area is 140 Å². The van der Waals surface area contributed by atoms with Crippen LogP contribution in [0.5, 0.6) is 0 Å². The third-order valence-electron chi connectivity index (χ3n) is 4.70. The van der Waals surface area contributed by atoms with Gasteiger partial charge in [0, 0.05) is 19.6 Å². The van der Waals surface area contributed by atoms with Crippen LogP contribution in [0.1, 0.15) is 40.0 Å². The van der Waals surface area contributed by atoms with E-state index in [1.807, 2.05) is 0 Å². The number of ether oxygens (including phenoxy) is 2. The Balaban J connectivity index is 2.55. The first-order chi connectivity index (χ1) is 10.6. The van der Waals surface area contributed by atoms with Gasteiger partial charge in [-0.25, -0.2) is 4.79 Å². The Hall–Kier alpha value is -0.923. The highest BCUT2D eigenvalue weighted by atomic mass is 28.4. The van der Waals surface area contributed by atoms with Crippen LogP contribution in [0.25, 0.3) is 0 Å². The van der Waals surface area contributed by atoms with Gasteiger partial charge in [0.15, 0.2) is 8.32 Å². The van der Waals surface area contributed by atoms with Gasteiger partial charge in [0.2, 0.25) is 5.91 Å². The van der Waals surface area contributed by atoms with Crippen molar-refractivity contribution in [2.24, 2.45) is 0 Å². The summed E-state index contributed by atoms with van der Waals surface area (Å²) in [5.41, 5.74) is 0. The summed E-state index contributed by atoms with van der Waals surface area (Å²) in [4.78, 5) is 24.0. The average Bonchev–Trinajstić information content (AvgIpc) is 2.98. The maximum Gasteiger partial charge on any atom is 0.328 e. The third-order valence-corrected chi connectivity index (χ3v) is 9.24. The molecule has 0 bridgehead atoms. The summed E-state index contributed by atoms with van der Waals surface area (Å²) in [6, 6.07) is -0.693. The summed E-state index contributed by atoms with van der Waals surface area (Å²) < 4.78 is 16.2. The highest BCUT2D eigenvalue weighted by Gasteiger charge is 2.37. The van der Waals surface area contributed by atoms with Crippen LogP contribution in [0.4, 0.5) is 0 Å². The van der Waals surface area contributed by atoms with Gasteiger partial charge < -0.3 is 19.2 Å². The molecular weight excluding hydrogens is 314 g/mol. The number of amides is 1. The van der Waals surface area contributed by atoms with Crippen LogP contribution in [0.15, 0.2) is 0 Å². The molecule has 0 aliphatic carbocycles. The second-order valence-corrected chi connectivity index (χ2v) is 12.3. The summed E-state index contributed by atoms with van der Waals surface area (Å²) in [6.07, 6.45) is 1.51. The van der Waals surface area contributed by atoms with Crippen LogP contribution >= 0.6 is 0 Å². The largest absolute Gasteiger partial charge is 0.467 e. The normalized spacial score (nSPS) is 20.2. The number of hydrogen-bond acceptors (Lipinski definition) is 5. The van der Waals surface area contributed by atoms with Crippen molar-refractivity contribution < 1.29 is 23.5 Å². The third kappa shape index (κ3) is 5.89. The number of esters is 1. The predicted octanol–water partition coefficient (Wildman–Crippen LogP) is 2.24. The van der Waals surface area contributed by atoms with E-state index in [9.17, 15) is 9.59 Å². The molecule has 0 aromatic rings. The second kappa shape index (κ2) is 8.26. The molecule has 134 valence electrons. The molecule has 1 saturated heterocycles. The Morgan fingerprint density at radius 3 is 2.48 bits per heavy atom. The fraction of sp³-hybridized carbons (Fsp3) is 0.875. The molecule has 1 heterocycles. The average molecular weight is 346 g/mol. The number of carbonyl (C=O) groups excluding carboxylic acids is 2. The van der Waals surface area contributed by atoms with Crippen molar-refractivity contribution in [3.05, 3.63) is 0 Å². The van der Waals surface area contributed by atoms with Crippen LogP contribution in [0, 0.1) is 0 Å². The lowest BCUT2D eigenvalue weighted by Gasteiger charge is -2.36. The van der Waals surface area contributed by atoms with E-state index in [0.29, 0.717) is 26.1 Å². The summed E-state index contributed by atoms with van der Waals surface area (Å²) in [6.45, 7) is 11.8. The van der Waals surface area contributed by atoms with Gasteiger partial charge in [-0.15, -0.1) is 0 Å². The van der Waals surface area contributed by atoms with E-state index in [0.717, 1.165) is 6.42 Å². The SMILES string of the molecule is COC(=O)[C@H](CCO[Si](C)(C)C(C)(C)C)NC(=O)[C@H]1CCCO1. The minimum absolute atomic E-state index is 0.106.